The lowest BCUT2D eigenvalue weighted by Gasteiger charge is -2.51. The first-order chi connectivity index (χ1) is 14.5. The molecular weight excluding hydrogens is 392 g/mol. The lowest BCUT2D eigenvalue weighted by atomic mass is 9.55. The maximum absolute atomic E-state index is 13.7. The molecule has 1 N–H and O–H groups in total. The van der Waals surface area contributed by atoms with Gasteiger partial charge in [-0.25, -0.2) is 13.8 Å². The highest BCUT2D eigenvalue weighted by Gasteiger charge is 2.50. The van der Waals surface area contributed by atoms with Gasteiger partial charge < -0.3 is 5.11 Å². The minimum absolute atomic E-state index is 0.0683. The lowest BCUT2D eigenvalue weighted by Crippen LogP contribution is -2.49. The largest absolute Gasteiger partial charge is 0.390 e. The molecule has 3 saturated carbocycles. The van der Waals surface area contributed by atoms with Gasteiger partial charge in [0.1, 0.15) is 17.3 Å². The summed E-state index contributed by atoms with van der Waals surface area (Å²) in [5.74, 6) is -0.330. The minimum Gasteiger partial charge on any atom is -0.390 e. The Labute approximate surface area is 172 Å². The molecule has 3 aliphatic carbocycles. The molecule has 3 atom stereocenters. The molecule has 4 aliphatic rings. The number of hydrogen-bond donors (Lipinski definition) is 1. The summed E-state index contributed by atoms with van der Waals surface area (Å²) >= 11 is 0. The Morgan fingerprint density at radius 1 is 1.13 bits per heavy atom. The first-order valence-electron chi connectivity index (χ1n) is 10.3. The number of carbonyl (C=O) groups excluding carboxylic acids is 1. The first kappa shape index (κ1) is 19.3. The summed E-state index contributed by atoms with van der Waals surface area (Å²) in [6, 6.07) is 2.91. The summed E-state index contributed by atoms with van der Waals surface area (Å²) in [7, 11) is 0. The maximum Gasteiger partial charge on any atom is 0.246 e. The van der Waals surface area contributed by atoms with E-state index in [4.69, 9.17) is 0 Å². The van der Waals surface area contributed by atoms with Crippen LogP contribution in [0.25, 0.3) is 0 Å². The van der Waals surface area contributed by atoms with Crippen molar-refractivity contribution in [3.05, 3.63) is 47.3 Å². The third-order valence-corrected chi connectivity index (χ3v) is 6.82. The molecule has 2 bridgehead atoms. The minimum atomic E-state index is -0.654. The fraction of sp³-hybridized carbons (Fsp3) is 0.524. The summed E-state index contributed by atoms with van der Waals surface area (Å²) in [6.45, 7) is 0.516. The van der Waals surface area contributed by atoms with Gasteiger partial charge in [-0.05, 0) is 54.7 Å². The summed E-state index contributed by atoms with van der Waals surface area (Å²) < 4.78 is 29.1. The molecule has 158 valence electrons. The van der Waals surface area contributed by atoms with Gasteiger partial charge in [-0.15, -0.1) is 5.10 Å². The van der Waals surface area contributed by atoms with Gasteiger partial charge >= 0.3 is 0 Å². The Hall–Kier alpha value is -2.68. The third-order valence-electron chi connectivity index (χ3n) is 6.82. The molecule has 2 heterocycles. The summed E-state index contributed by atoms with van der Waals surface area (Å²) in [5.41, 5.74) is 0.956. The molecule has 0 spiro atoms. The average molecular weight is 415 g/mol. The fourth-order valence-electron chi connectivity index (χ4n) is 5.24. The van der Waals surface area contributed by atoms with E-state index in [1.165, 1.54) is 17.1 Å². The van der Waals surface area contributed by atoms with Gasteiger partial charge in [0.15, 0.2) is 0 Å². The number of carbonyl (C=O) groups is 1. The zero-order valence-electron chi connectivity index (χ0n) is 16.4. The zero-order valence-corrected chi connectivity index (χ0v) is 16.4. The van der Waals surface area contributed by atoms with Gasteiger partial charge in [-0.3, -0.25) is 9.48 Å². The Bertz CT molecular complexity index is 967. The number of fused-ring (bicyclic) bond motifs is 2. The second-order valence-corrected chi connectivity index (χ2v) is 8.62. The highest BCUT2D eigenvalue weighted by atomic mass is 19.1. The highest BCUT2D eigenvalue weighted by Crippen LogP contribution is 2.53. The SMILES string of the molecule is O=C([C@H]1C[C@@H](Cn2cc(CO)nn2)C2CC1C2)N1N=CCC1c1cc(F)cc(F)c1. The molecule has 3 fully saturated rings. The van der Waals surface area contributed by atoms with E-state index in [1.807, 2.05) is 0 Å². The molecule has 7 nitrogen and oxygen atoms in total. The van der Waals surface area contributed by atoms with Crippen molar-refractivity contribution < 1.29 is 18.7 Å². The number of hydrazone groups is 1. The molecule has 1 aliphatic heterocycles. The second-order valence-electron chi connectivity index (χ2n) is 8.62. The van der Waals surface area contributed by atoms with Gasteiger partial charge in [0.05, 0.1) is 18.8 Å². The van der Waals surface area contributed by atoms with Crippen molar-refractivity contribution in [2.24, 2.45) is 28.8 Å². The molecule has 0 saturated heterocycles. The summed E-state index contributed by atoms with van der Waals surface area (Å²) in [4.78, 5) is 13.4. The number of rotatable bonds is 5. The average Bonchev–Trinajstić information content (AvgIpc) is 3.35. The summed E-state index contributed by atoms with van der Waals surface area (Å²) in [6.07, 6.45) is 6.56. The number of aromatic nitrogens is 3. The second kappa shape index (κ2) is 7.54. The highest BCUT2D eigenvalue weighted by molar-refractivity contribution is 5.82. The van der Waals surface area contributed by atoms with Crippen LogP contribution in [0.2, 0.25) is 0 Å². The zero-order chi connectivity index (χ0) is 20.8. The molecule has 30 heavy (non-hydrogen) atoms. The Morgan fingerprint density at radius 3 is 2.60 bits per heavy atom. The van der Waals surface area contributed by atoms with E-state index in [0.29, 0.717) is 42.0 Å². The van der Waals surface area contributed by atoms with Gasteiger partial charge in [-0.2, -0.15) is 5.10 Å². The van der Waals surface area contributed by atoms with Crippen molar-refractivity contribution in [3.8, 4) is 0 Å². The standard InChI is InChI=1S/C21H23F2N5O2/c22-16-5-14(6-17(23)8-16)20-1-2-24-28(20)21(30)19-7-15(12-3-13(19)4-12)9-27-10-18(11-29)25-26-27/h2,5-6,8,10,12-13,15,19-20,29H,1,3-4,7,9,11H2/t12?,13?,15-,19-,20?/m0/s1. The monoisotopic (exact) mass is 415 g/mol. The number of benzene rings is 1. The topological polar surface area (TPSA) is 83.6 Å². The van der Waals surface area contributed by atoms with Gasteiger partial charge in [0, 0.05) is 31.2 Å². The number of hydrogen-bond acceptors (Lipinski definition) is 5. The normalized spacial score (nSPS) is 29.8. The van der Waals surface area contributed by atoms with E-state index in [-0.39, 0.29) is 18.4 Å². The van der Waals surface area contributed by atoms with Crippen LogP contribution in [-0.4, -0.2) is 37.2 Å². The van der Waals surface area contributed by atoms with Crippen molar-refractivity contribution in [1.29, 1.82) is 0 Å². The maximum atomic E-state index is 13.7. The number of amides is 1. The van der Waals surface area contributed by atoms with Crippen molar-refractivity contribution in [2.45, 2.75) is 44.9 Å². The van der Waals surface area contributed by atoms with E-state index < -0.39 is 17.7 Å². The molecule has 2 aromatic rings. The molecule has 6 rings (SSSR count). The number of aliphatic hydroxyl groups is 1. The molecule has 1 amide bonds. The van der Waals surface area contributed by atoms with Crippen LogP contribution >= 0.6 is 0 Å². The molecule has 1 aromatic heterocycles. The predicted octanol–water partition coefficient (Wildman–Crippen LogP) is 2.67. The van der Waals surface area contributed by atoms with Crippen molar-refractivity contribution >= 4 is 12.1 Å². The van der Waals surface area contributed by atoms with E-state index in [1.54, 1.807) is 17.1 Å². The molecule has 1 unspecified atom stereocenters. The third kappa shape index (κ3) is 3.40. The molecule has 1 aromatic carbocycles. The van der Waals surface area contributed by atoms with Crippen LogP contribution in [-0.2, 0) is 17.9 Å². The molecule has 0 radical (unpaired) electrons. The summed E-state index contributed by atoms with van der Waals surface area (Å²) in [5, 5.41) is 22.9. The van der Waals surface area contributed by atoms with Gasteiger partial charge in [-0.1, -0.05) is 5.21 Å². The fourth-order valence-corrected chi connectivity index (χ4v) is 5.24. The quantitative estimate of drug-likeness (QED) is 0.814. The Balaban J connectivity index is 1.32. The van der Waals surface area contributed by atoms with Crippen LogP contribution in [0.15, 0.2) is 29.5 Å². The van der Waals surface area contributed by atoms with E-state index in [9.17, 15) is 18.7 Å². The number of aliphatic hydroxyl groups excluding tert-OH is 1. The first-order valence-corrected chi connectivity index (χ1v) is 10.3. The van der Waals surface area contributed by atoms with Crippen molar-refractivity contribution in [1.82, 2.24) is 20.0 Å². The van der Waals surface area contributed by atoms with E-state index in [0.717, 1.165) is 25.3 Å². The molecule has 9 heteroatoms. The van der Waals surface area contributed by atoms with E-state index in [2.05, 4.69) is 15.4 Å². The van der Waals surface area contributed by atoms with Crippen LogP contribution < -0.4 is 0 Å². The van der Waals surface area contributed by atoms with E-state index >= 15 is 0 Å². The lowest BCUT2D eigenvalue weighted by molar-refractivity contribution is -0.147. The van der Waals surface area contributed by atoms with Crippen LogP contribution in [0.3, 0.4) is 0 Å². The Kier molecular flexibility index (Phi) is 4.85. The predicted molar refractivity (Wildman–Crippen MR) is 103 cm³/mol. The van der Waals surface area contributed by atoms with Crippen molar-refractivity contribution in [2.75, 3.05) is 0 Å². The van der Waals surface area contributed by atoms with Gasteiger partial charge in [0.2, 0.25) is 5.91 Å². The smallest absolute Gasteiger partial charge is 0.246 e. The van der Waals surface area contributed by atoms with Crippen LogP contribution in [0.4, 0.5) is 8.78 Å². The number of nitrogens with zero attached hydrogens (tertiary/aromatic N) is 5. The van der Waals surface area contributed by atoms with Crippen molar-refractivity contribution in [3.63, 3.8) is 0 Å². The van der Waals surface area contributed by atoms with Crippen LogP contribution in [0.5, 0.6) is 0 Å². The molecular formula is C21H23F2N5O2. The number of halogens is 2. The van der Waals surface area contributed by atoms with Crippen LogP contribution in [0.1, 0.15) is 43.0 Å². The van der Waals surface area contributed by atoms with Gasteiger partial charge in [0.25, 0.3) is 0 Å². The Morgan fingerprint density at radius 2 is 1.90 bits per heavy atom. The van der Waals surface area contributed by atoms with Crippen LogP contribution in [0, 0.1) is 35.3 Å².